The molecule has 0 fully saturated rings. The number of nitrogens with one attached hydrogen (secondary N) is 2. The highest BCUT2D eigenvalue weighted by molar-refractivity contribution is 6.37. The molecule has 0 atom stereocenters. The number of nitrogens with zero attached hydrogens (tertiary/aromatic N) is 1. The van der Waals surface area contributed by atoms with Crippen molar-refractivity contribution < 1.29 is 9.47 Å². The number of fused-ring (bicyclic) bond motifs is 1. The van der Waals surface area contributed by atoms with Crippen molar-refractivity contribution in [1.82, 2.24) is 4.98 Å². The molecule has 0 aliphatic carbocycles. The Kier molecular flexibility index (Phi) is 3.94. The van der Waals surface area contributed by atoms with E-state index in [-0.39, 0.29) is 6.79 Å². The van der Waals surface area contributed by atoms with E-state index in [9.17, 15) is 0 Å². The molecule has 7 heteroatoms. The zero-order chi connectivity index (χ0) is 14.8. The Morgan fingerprint density at radius 2 is 1.86 bits per heavy atom. The summed E-state index contributed by atoms with van der Waals surface area (Å²) in [5.74, 6) is 2.66. The van der Waals surface area contributed by atoms with Crippen molar-refractivity contribution in [3.8, 4) is 11.5 Å². The Morgan fingerprint density at radius 3 is 2.67 bits per heavy atom. The van der Waals surface area contributed by atoms with E-state index in [1.54, 1.807) is 13.1 Å². The van der Waals surface area contributed by atoms with Crippen LogP contribution in [0.25, 0.3) is 0 Å². The molecule has 3 rings (SSSR count). The summed E-state index contributed by atoms with van der Waals surface area (Å²) in [5, 5.41) is 7.06. The van der Waals surface area contributed by atoms with Gasteiger partial charge in [-0.1, -0.05) is 29.3 Å². The number of hydrogen-bond acceptors (Lipinski definition) is 5. The maximum absolute atomic E-state index is 6.14. The van der Waals surface area contributed by atoms with E-state index in [0.717, 1.165) is 17.1 Å². The summed E-state index contributed by atoms with van der Waals surface area (Å²) < 4.78 is 10.6. The first-order valence-electron chi connectivity index (χ1n) is 6.33. The van der Waals surface area contributed by atoms with Crippen molar-refractivity contribution in [3.63, 3.8) is 0 Å². The minimum absolute atomic E-state index is 0.266. The fourth-order valence-corrected chi connectivity index (χ4v) is 2.52. The number of benzene rings is 1. The second kappa shape index (κ2) is 5.87. The van der Waals surface area contributed by atoms with Crippen LogP contribution in [0.4, 0.5) is 11.6 Å². The number of halogens is 2. The Bertz CT molecular complexity index is 680. The van der Waals surface area contributed by atoms with Gasteiger partial charge in [-0.15, -0.1) is 0 Å². The molecule has 0 saturated carbocycles. The van der Waals surface area contributed by atoms with Crippen LogP contribution in [0.5, 0.6) is 11.5 Å². The van der Waals surface area contributed by atoms with Crippen LogP contribution in [0, 0.1) is 0 Å². The Labute approximate surface area is 132 Å². The summed E-state index contributed by atoms with van der Waals surface area (Å²) in [7, 11) is 1.75. The third kappa shape index (κ3) is 2.94. The highest BCUT2D eigenvalue weighted by Gasteiger charge is 2.13. The second-order valence-electron chi connectivity index (χ2n) is 4.44. The van der Waals surface area contributed by atoms with Gasteiger partial charge < -0.3 is 20.1 Å². The van der Waals surface area contributed by atoms with Crippen molar-refractivity contribution in [2.24, 2.45) is 0 Å². The summed E-state index contributed by atoms with van der Waals surface area (Å²) in [6, 6.07) is 7.43. The molecule has 1 aromatic heterocycles. The van der Waals surface area contributed by atoms with E-state index >= 15 is 0 Å². The van der Waals surface area contributed by atoms with Gasteiger partial charge in [0.1, 0.15) is 11.6 Å². The fraction of sp³-hybridized carbons (Fsp3) is 0.214. The first kappa shape index (κ1) is 14.1. The number of aromatic nitrogens is 1. The average Bonchev–Trinajstić information content (AvgIpc) is 2.94. The zero-order valence-electron chi connectivity index (χ0n) is 11.2. The molecule has 2 N–H and O–H groups in total. The van der Waals surface area contributed by atoms with Crippen LogP contribution in [0.15, 0.2) is 24.3 Å². The largest absolute Gasteiger partial charge is 0.454 e. The zero-order valence-corrected chi connectivity index (χ0v) is 12.8. The van der Waals surface area contributed by atoms with Crippen LogP contribution in [0.2, 0.25) is 10.0 Å². The van der Waals surface area contributed by atoms with Crippen LogP contribution in [0.1, 0.15) is 5.56 Å². The van der Waals surface area contributed by atoms with Gasteiger partial charge in [-0.3, -0.25) is 0 Å². The summed E-state index contributed by atoms with van der Waals surface area (Å²) in [4.78, 5) is 4.34. The first-order valence-corrected chi connectivity index (χ1v) is 7.09. The second-order valence-corrected chi connectivity index (χ2v) is 5.25. The topological polar surface area (TPSA) is 55.4 Å². The van der Waals surface area contributed by atoms with E-state index in [2.05, 4.69) is 15.6 Å². The monoisotopic (exact) mass is 325 g/mol. The van der Waals surface area contributed by atoms with Gasteiger partial charge in [0.2, 0.25) is 6.79 Å². The highest BCUT2D eigenvalue weighted by atomic mass is 35.5. The van der Waals surface area contributed by atoms with E-state index in [1.165, 1.54) is 0 Å². The summed E-state index contributed by atoms with van der Waals surface area (Å²) in [5.41, 5.74) is 1.04. The van der Waals surface area contributed by atoms with Crippen LogP contribution >= 0.6 is 23.2 Å². The van der Waals surface area contributed by atoms with E-state index < -0.39 is 0 Å². The molecule has 110 valence electrons. The van der Waals surface area contributed by atoms with Crippen molar-refractivity contribution in [3.05, 3.63) is 39.9 Å². The van der Waals surface area contributed by atoms with Crippen molar-refractivity contribution in [2.75, 3.05) is 24.5 Å². The molecule has 0 unspecified atom stereocenters. The Morgan fingerprint density at radius 1 is 1.10 bits per heavy atom. The quantitative estimate of drug-likeness (QED) is 0.896. The Balaban J connectivity index is 1.75. The highest BCUT2D eigenvalue weighted by Crippen LogP contribution is 2.33. The molecule has 0 radical (unpaired) electrons. The normalized spacial score (nSPS) is 12.3. The van der Waals surface area contributed by atoms with Gasteiger partial charge in [0.05, 0.1) is 10.0 Å². The third-order valence-electron chi connectivity index (χ3n) is 3.06. The first-order chi connectivity index (χ1) is 10.2. The maximum Gasteiger partial charge on any atom is 0.231 e. The lowest BCUT2D eigenvalue weighted by Gasteiger charge is -2.11. The van der Waals surface area contributed by atoms with Crippen molar-refractivity contribution in [1.29, 1.82) is 0 Å². The standard InChI is InChI=1S/C14H13Cl2N3O2/c1-17-13-9(15)5-10(16)14(19-13)18-6-8-2-3-11-12(4-8)21-7-20-11/h2-5H,6-7H2,1H3,(H2,17,18,19). The van der Waals surface area contributed by atoms with Crippen LogP contribution in [-0.2, 0) is 6.54 Å². The fourth-order valence-electron chi connectivity index (χ4n) is 2.00. The minimum Gasteiger partial charge on any atom is -0.454 e. The third-order valence-corrected chi connectivity index (χ3v) is 3.64. The van der Waals surface area contributed by atoms with E-state index in [1.807, 2.05) is 18.2 Å². The summed E-state index contributed by atoms with van der Waals surface area (Å²) in [6.45, 7) is 0.830. The van der Waals surface area contributed by atoms with Crippen molar-refractivity contribution >= 4 is 34.8 Å². The molecule has 1 aliphatic heterocycles. The molecule has 5 nitrogen and oxygen atoms in total. The Hall–Kier alpha value is -1.85. The number of pyridine rings is 1. The van der Waals surface area contributed by atoms with Gasteiger partial charge in [0, 0.05) is 13.6 Å². The molecule has 0 saturated heterocycles. The number of rotatable bonds is 4. The molecule has 0 amide bonds. The van der Waals surface area contributed by atoms with Crippen molar-refractivity contribution in [2.45, 2.75) is 6.54 Å². The van der Waals surface area contributed by atoms with Crippen LogP contribution < -0.4 is 20.1 Å². The van der Waals surface area contributed by atoms with Crippen LogP contribution in [0.3, 0.4) is 0 Å². The SMILES string of the molecule is CNc1nc(NCc2ccc3c(c2)OCO3)c(Cl)cc1Cl. The summed E-state index contributed by atoms with van der Waals surface area (Å²) in [6.07, 6.45) is 0. The molecule has 2 heterocycles. The van der Waals surface area contributed by atoms with Gasteiger partial charge >= 0.3 is 0 Å². The number of hydrogen-bond donors (Lipinski definition) is 2. The van der Waals surface area contributed by atoms with Gasteiger partial charge in [-0.2, -0.15) is 0 Å². The molecule has 1 aliphatic rings. The van der Waals surface area contributed by atoms with E-state index in [0.29, 0.717) is 28.2 Å². The molecular weight excluding hydrogens is 313 g/mol. The average molecular weight is 326 g/mol. The predicted molar refractivity (Wildman–Crippen MR) is 83.7 cm³/mol. The molecule has 21 heavy (non-hydrogen) atoms. The molecule has 2 aromatic rings. The molecule has 0 spiro atoms. The number of ether oxygens (including phenoxy) is 2. The lowest BCUT2D eigenvalue weighted by molar-refractivity contribution is 0.174. The van der Waals surface area contributed by atoms with Gasteiger partial charge in [0.15, 0.2) is 11.5 Å². The molecular formula is C14H13Cl2N3O2. The maximum atomic E-state index is 6.14. The van der Waals surface area contributed by atoms with Gasteiger partial charge in [-0.25, -0.2) is 4.98 Å². The van der Waals surface area contributed by atoms with E-state index in [4.69, 9.17) is 32.7 Å². The smallest absolute Gasteiger partial charge is 0.231 e. The lowest BCUT2D eigenvalue weighted by atomic mass is 10.2. The number of anilines is 2. The van der Waals surface area contributed by atoms with Crippen LogP contribution in [-0.4, -0.2) is 18.8 Å². The molecule has 0 bridgehead atoms. The minimum atomic E-state index is 0.266. The molecule has 1 aromatic carbocycles. The summed E-state index contributed by atoms with van der Waals surface area (Å²) >= 11 is 12.2. The lowest BCUT2D eigenvalue weighted by Crippen LogP contribution is -2.04. The van der Waals surface area contributed by atoms with Gasteiger partial charge in [-0.05, 0) is 23.8 Å². The predicted octanol–water partition coefficient (Wildman–Crippen LogP) is 3.77. The van der Waals surface area contributed by atoms with Gasteiger partial charge in [0.25, 0.3) is 0 Å².